The van der Waals surface area contributed by atoms with Crippen LogP contribution in [0.25, 0.3) is 0 Å². The molecule has 22 heavy (non-hydrogen) atoms. The molecule has 0 aliphatic carbocycles. The Morgan fingerprint density at radius 1 is 1.05 bits per heavy atom. The lowest BCUT2D eigenvalue weighted by atomic mass is 9.99. The maximum Gasteiger partial charge on any atom is 0.0640 e. The topological polar surface area (TPSA) is 24.1 Å². The van der Waals surface area contributed by atoms with Crippen LogP contribution in [0.5, 0.6) is 0 Å². The molecular formula is C19H23ClN2. The minimum atomic E-state index is 0.237. The summed E-state index contributed by atoms with van der Waals surface area (Å²) < 4.78 is 0. The highest BCUT2D eigenvalue weighted by Crippen LogP contribution is 2.33. The predicted molar refractivity (Wildman–Crippen MR) is 94.9 cm³/mol. The lowest BCUT2D eigenvalue weighted by Crippen LogP contribution is -2.16. The van der Waals surface area contributed by atoms with Gasteiger partial charge in [-0.05, 0) is 62.5 Å². The van der Waals surface area contributed by atoms with Gasteiger partial charge >= 0.3 is 0 Å². The van der Waals surface area contributed by atoms with Gasteiger partial charge < -0.3 is 10.6 Å². The van der Waals surface area contributed by atoms with Crippen molar-refractivity contribution in [2.45, 2.75) is 32.7 Å². The highest BCUT2D eigenvalue weighted by atomic mass is 35.5. The molecule has 0 bridgehead atoms. The van der Waals surface area contributed by atoms with E-state index in [-0.39, 0.29) is 6.04 Å². The molecule has 0 saturated heterocycles. The van der Waals surface area contributed by atoms with E-state index in [1.165, 1.54) is 22.3 Å². The SMILES string of the molecule is Cc1ccc(C(C)Nc2c(Cl)ccc3c2CCNCC3)cc1. The third-order valence-electron chi connectivity index (χ3n) is 4.42. The van der Waals surface area contributed by atoms with Crippen molar-refractivity contribution < 1.29 is 0 Å². The van der Waals surface area contributed by atoms with Crippen molar-refractivity contribution in [3.63, 3.8) is 0 Å². The Morgan fingerprint density at radius 2 is 1.77 bits per heavy atom. The molecule has 0 amide bonds. The lowest BCUT2D eigenvalue weighted by Gasteiger charge is -2.21. The van der Waals surface area contributed by atoms with Gasteiger partial charge in [-0.25, -0.2) is 0 Å². The van der Waals surface area contributed by atoms with Crippen molar-refractivity contribution in [3.05, 3.63) is 63.7 Å². The van der Waals surface area contributed by atoms with Gasteiger partial charge in [-0.2, -0.15) is 0 Å². The second-order valence-electron chi connectivity index (χ2n) is 6.09. The van der Waals surface area contributed by atoms with Gasteiger partial charge in [0.05, 0.1) is 10.7 Å². The molecule has 3 rings (SSSR count). The zero-order valence-corrected chi connectivity index (χ0v) is 14.0. The second kappa shape index (κ2) is 6.72. The van der Waals surface area contributed by atoms with E-state index in [0.717, 1.165) is 36.6 Å². The molecule has 1 aliphatic heterocycles. The summed E-state index contributed by atoms with van der Waals surface area (Å²) in [6.45, 7) is 6.36. The minimum Gasteiger partial charge on any atom is -0.377 e. The van der Waals surface area contributed by atoms with Crippen LogP contribution < -0.4 is 10.6 Å². The average molecular weight is 315 g/mol. The normalized spacial score (nSPS) is 15.8. The smallest absolute Gasteiger partial charge is 0.0640 e. The molecular weight excluding hydrogens is 292 g/mol. The van der Waals surface area contributed by atoms with E-state index in [1.54, 1.807) is 0 Å². The number of fused-ring (bicyclic) bond motifs is 1. The highest BCUT2D eigenvalue weighted by molar-refractivity contribution is 6.33. The van der Waals surface area contributed by atoms with E-state index >= 15 is 0 Å². The number of anilines is 1. The van der Waals surface area contributed by atoms with Crippen LogP contribution in [-0.2, 0) is 12.8 Å². The van der Waals surface area contributed by atoms with Crippen molar-refractivity contribution in [2.24, 2.45) is 0 Å². The molecule has 1 aliphatic rings. The maximum absolute atomic E-state index is 6.49. The summed E-state index contributed by atoms with van der Waals surface area (Å²) in [5.41, 5.74) is 6.46. The Hall–Kier alpha value is -1.51. The van der Waals surface area contributed by atoms with Crippen LogP contribution in [0.3, 0.4) is 0 Å². The Morgan fingerprint density at radius 3 is 2.55 bits per heavy atom. The summed E-state index contributed by atoms with van der Waals surface area (Å²) in [6, 6.07) is 13.1. The number of nitrogens with one attached hydrogen (secondary N) is 2. The second-order valence-corrected chi connectivity index (χ2v) is 6.49. The van der Waals surface area contributed by atoms with E-state index in [2.05, 4.69) is 54.8 Å². The van der Waals surface area contributed by atoms with Crippen molar-refractivity contribution in [3.8, 4) is 0 Å². The van der Waals surface area contributed by atoms with Crippen LogP contribution in [0, 0.1) is 6.92 Å². The van der Waals surface area contributed by atoms with Crippen LogP contribution in [0.15, 0.2) is 36.4 Å². The van der Waals surface area contributed by atoms with E-state index in [9.17, 15) is 0 Å². The average Bonchev–Trinajstić information content (AvgIpc) is 2.76. The first-order valence-corrected chi connectivity index (χ1v) is 8.37. The number of rotatable bonds is 3. The van der Waals surface area contributed by atoms with Crippen LogP contribution >= 0.6 is 11.6 Å². The van der Waals surface area contributed by atoms with Crippen LogP contribution in [0.4, 0.5) is 5.69 Å². The maximum atomic E-state index is 6.49. The number of aryl methyl sites for hydroxylation is 1. The van der Waals surface area contributed by atoms with Crippen LogP contribution in [0.2, 0.25) is 5.02 Å². The quantitative estimate of drug-likeness (QED) is 0.871. The molecule has 2 N–H and O–H groups in total. The van der Waals surface area contributed by atoms with Crippen LogP contribution in [-0.4, -0.2) is 13.1 Å². The molecule has 3 heteroatoms. The molecule has 2 nitrogen and oxygen atoms in total. The molecule has 2 aromatic carbocycles. The zero-order valence-electron chi connectivity index (χ0n) is 13.2. The molecule has 116 valence electrons. The van der Waals surface area contributed by atoms with Gasteiger partial charge in [-0.15, -0.1) is 0 Å². The van der Waals surface area contributed by atoms with Gasteiger partial charge in [0, 0.05) is 6.04 Å². The summed E-state index contributed by atoms with van der Waals surface area (Å²) in [5.74, 6) is 0. The third kappa shape index (κ3) is 3.29. The first-order chi connectivity index (χ1) is 10.6. The first-order valence-electron chi connectivity index (χ1n) is 7.99. The van der Waals surface area contributed by atoms with Crippen molar-refractivity contribution in [2.75, 3.05) is 18.4 Å². The van der Waals surface area contributed by atoms with Crippen molar-refractivity contribution >= 4 is 17.3 Å². The van der Waals surface area contributed by atoms with Crippen molar-refractivity contribution in [1.29, 1.82) is 0 Å². The largest absolute Gasteiger partial charge is 0.377 e. The van der Waals surface area contributed by atoms with Gasteiger partial charge in [-0.1, -0.05) is 47.5 Å². The standard InChI is InChI=1S/C19H23ClN2/c1-13-3-5-15(6-4-13)14(2)22-19-17-10-12-21-11-9-16(17)7-8-18(19)20/h3-8,14,21-22H,9-12H2,1-2H3. The molecule has 1 heterocycles. The van der Waals surface area contributed by atoms with E-state index in [0.29, 0.717) is 0 Å². The molecule has 1 atom stereocenters. The van der Waals surface area contributed by atoms with E-state index < -0.39 is 0 Å². The Kier molecular flexibility index (Phi) is 4.70. The Bertz CT molecular complexity index is 649. The zero-order chi connectivity index (χ0) is 15.5. The predicted octanol–water partition coefficient (Wildman–Crippen LogP) is 4.51. The molecule has 2 aromatic rings. The number of hydrogen-bond acceptors (Lipinski definition) is 2. The molecule has 0 aromatic heterocycles. The summed E-state index contributed by atoms with van der Waals surface area (Å²) in [6.07, 6.45) is 2.10. The molecule has 0 spiro atoms. The van der Waals surface area contributed by atoms with Crippen LogP contribution in [0.1, 0.15) is 35.2 Å². The van der Waals surface area contributed by atoms with Crippen molar-refractivity contribution in [1.82, 2.24) is 5.32 Å². The highest BCUT2D eigenvalue weighted by Gasteiger charge is 2.16. The summed E-state index contributed by atoms with van der Waals surface area (Å²) in [4.78, 5) is 0. The molecule has 0 saturated carbocycles. The Balaban J connectivity index is 1.89. The van der Waals surface area contributed by atoms with Gasteiger partial charge in [0.15, 0.2) is 0 Å². The molecule has 1 unspecified atom stereocenters. The first kappa shape index (κ1) is 15.4. The third-order valence-corrected chi connectivity index (χ3v) is 4.74. The van der Waals surface area contributed by atoms with Gasteiger partial charge in [0.25, 0.3) is 0 Å². The van der Waals surface area contributed by atoms with Gasteiger partial charge in [0.2, 0.25) is 0 Å². The molecule has 0 fully saturated rings. The van der Waals surface area contributed by atoms with Gasteiger partial charge in [-0.3, -0.25) is 0 Å². The van der Waals surface area contributed by atoms with E-state index in [4.69, 9.17) is 11.6 Å². The number of hydrogen-bond donors (Lipinski definition) is 2. The number of halogens is 1. The van der Waals surface area contributed by atoms with Gasteiger partial charge in [0.1, 0.15) is 0 Å². The minimum absolute atomic E-state index is 0.237. The monoisotopic (exact) mass is 314 g/mol. The summed E-state index contributed by atoms with van der Waals surface area (Å²) in [5, 5.41) is 7.92. The number of benzene rings is 2. The summed E-state index contributed by atoms with van der Waals surface area (Å²) >= 11 is 6.49. The fraction of sp³-hybridized carbons (Fsp3) is 0.368. The molecule has 0 radical (unpaired) electrons. The fourth-order valence-electron chi connectivity index (χ4n) is 3.05. The fourth-order valence-corrected chi connectivity index (χ4v) is 3.29. The van der Waals surface area contributed by atoms with E-state index in [1.807, 2.05) is 6.07 Å². The lowest BCUT2D eigenvalue weighted by molar-refractivity contribution is 0.711. The Labute approximate surface area is 137 Å². The summed E-state index contributed by atoms with van der Waals surface area (Å²) in [7, 11) is 0.